The quantitative estimate of drug-likeness (QED) is 0.928. The summed E-state index contributed by atoms with van der Waals surface area (Å²) in [6.45, 7) is 0.295. The lowest BCUT2D eigenvalue weighted by molar-refractivity contribution is -0.121. The van der Waals surface area contributed by atoms with Crippen molar-refractivity contribution < 1.29 is 18.3 Å². The first-order chi connectivity index (χ1) is 11.1. The van der Waals surface area contributed by atoms with Crippen LogP contribution in [0.2, 0.25) is 5.02 Å². The zero-order chi connectivity index (χ0) is 16.4. The molecule has 0 saturated carbocycles. The molecule has 1 aromatic heterocycles. The Hall–Kier alpha value is -2.21. The Morgan fingerprint density at radius 1 is 1.39 bits per heavy atom. The third-order valence-corrected chi connectivity index (χ3v) is 4.05. The Balaban J connectivity index is 1.71. The first-order valence-corrected chi connectivity index (χ1v) is 7.36. The van der Waals surface area contributed by atoms with Gasteiger partial charge in [0, 0.05) is 17.3 Å². The van der Waals surface area contributed by atoms with Gasteiger partial charge in [-0.25, -0.2) is 13.8 Å². The molecule has 0 saturated heterocycles. The number of nitrogens with one attached hydrogen (secondary N) is 1. The van der Waals surface area contributed by atoms with E-state index in [-0.39, 0.29) is 29.0 Å². The average Bonchev–Trinajstić information content (AvgIpc) is 2.92. The minimum Gasteiger partial charge on any atom is -0.475 e. The maximum absolute atomic E-state index is 12.8. The summed E-state index contributed by atoms with van der Waals surface area (Å²) in [5.41, 5.74) is 0.899. The van der Waals surface area contributed by atoms with Crippen molar-refractivity contribution >= 4 is 17.5 Å². The van der Waals surface area contributed by atoms with Gasteiger partial charge in [0.2, 0.25) is 11.8 Å². The van der Waals surface area contributed by atoms with Gasteiger partial charge < -0.3 is 10.1 Å². The van der Waals surface area contributed by atoms with Gasteiger partial charge in [-0.2, -0.15) is 0 Å². The number of benzene rings is 1. The van der Waals surface area contributed by atoms with Crippen LogP contribution in [0.3, 0.4) is 0 Å². The number of pyridine rings is 1. The molecule has 0 fully saturated rings. The van der Waals surface area contributed by atoms with Gasteiger partial charge in [-0.1, -0.05) is 29.8 Å². The largest absolute Gasteiger partial charge is 0.475 e. The summed E-state index contributed by atoms with van der Waals surface area (Å²) in [5, 5.41) is 2.74. The molecule has 1 aliphatic heterocycles. The number of hydrogen-bond donors (Lipinski definition) is 1. The summed E-state index contributed by atoms with van der Waals surface area (Å²) in [5.74, 6) is 0.180. The number of nitrogens with zero attached hydrogens (tertiary/aromatic N) is 1. The molecular weight excluding hydrogens is 326 g/mol. The van der Waals surface area contributed by atoms with Crippen LogP contribution in [0.1, 0.15) is 29.2 Å². The number of amides is 1. The Morgan fingerprint density at radius 3 is 3.00 bits per heavy atom. The second-order valence-corrected chi connectivity index (χ2v) is 5.50. The lowest BCUT2D eigenvalue weighted by atomic mass is 10.1. The molecule has 1 atom stereocenters. The first-order valence-electron chi connectivity index (χ1n) is 6.98. The van der Waals surface area contributed by atoms with Crippen molar-refractivity contribution in [1.29, 1.82) is 0 Å². The highest BCUT2D eigenvalue weighted by molar-refractivity contribution is 6.32. The molecule has 2 heterocycles. The van der Waals surface area contributed by atoms with Crippen LogP contribution >= 0.6 is 11.6 Å². The molecule has 1 unspecified atom stereocenters. The smallest absolute Gasteiger partial charge is 0.265 e. The zero-order valence-corrected chi connectivity index (χ0v) is 12.7. The number of ether oxygens (including phenoxy) is 1. The van der Waals surface area contributed by atoms with Crippen LogP contribution in [0.15, 0.2) is 36.5 Å². The number of halogens is 3. The number of rotatable bonds is 4. The SMILES string of the molecule is O=C(Cc1cccc(C(F)F)c1Cl)NC1COc2ncccc21. The van der Waals surface area contributed by atoms with Gasteiger partial charge in [-0.05, 0) is 17.7 Å². The molecule has 1 N–H and O–H groups in total. The van der Waals surface area contributed by atoms with E-state index in [9.17, 15) is 13.6 Å². The number of aromatic nitrogens is 1. The van der Waals surface area contributed by atoms with E-state index in [0.29, 0.717) is 18.1 Å². The van der Waals surface area contributed by atoms with Gasteiger partial charge in [0.1, 0.15) is 6.61 Å². The third-order valence-electron chi connectivity index (χ3n) is 3.59. The average molecular weight is 339 g/mol. The van der Waals surface area contributed by atoms with E-state index in [2.05, 4.69) is 10.3 Å². The van der Waals surface area contributed by atoms with Crippen LogP contribution in [0.5, 0.6) is 5.88 Å². The van der Waals surface area contributed by atoms with Crippen molar-refractivity contribution in [3.05, 3.63) is 58.2 Å². The van der Waals surface area contributed by atoms with Crippen molar-refractivity contribution in [3.63, 3.8) is 0 Å². The maximum atomic E-state index is 12.8. The van der Waals surface area contributed by atoms with E-state index in [1.54, 1.807) is 18.3 Å². The summed E-state index contributed by atoms with van der Waals surface area (Å²) in [6.07, 6.45) is -1.14. The van der Waals surface area contributed by atoms with E-state index in [0.717, 1.165) is 5.56 Å². The Morgan fingerprint density at radius 2 is 2.22 bits per heavy atom. The number of carbonyl (C=O) groups is 1. The monoisotopic (exact) mass is 338 g/mol. The molecule has 4 nitrogen and oxygen atoms in total. The highest BCUT2D eigenvalue weighted by Crippen LogP contribution is 2.31. The first kappa shape index (κ1) is 15.7. The van der Waals surface area contributed by atoms with E-state index >= 15 is 0 Å². The predicted molar refractivity (Wildman–Crippen MR) is 80.7 cm³/mol. The minimum absolute atomic E-state index is 0.0672. The lowest BCUT2D eigenvalue weighted by Gasteiger charge is -2.13. The molecule has 0 radical (unpaired) electrons. The predicted octanol–water partition coefficient (Wildman–Crippen LogP) is 3.47. The fraction of sp³-hybridized carbons (Fsp3) is 0.250. The summed E-state index contributed by atoms with van der Waals surface area (Å²) < 4.78 is 31.0. The summed E-state index contributed by atoms with van der Waals surface area (Å²) >= 11 is 5.95. The lowest BCUT2D eigenvalue weighted by Crippen LogP contribution is -2.30. The second kappa shape index (κ2) is 6.50. The molecule has 1 amide bonds. The van der Waals surface area contributed by atoms with Crippen LogP contribution in [0.25, 0.3) is 0 Å². The maximum Gasteiger partial charge on any atom is 0.265 e. The van der Waals surface area contributed by atoms with E-state index < -0.39 is 6.43 Å². The summed E-state index contributed by atoms with van der Waals surface area (Å²) in [4.78, 5) is 16.2. The molecule has 2 aromatic rings. The normalized spacial score (nSPS) is 16.1. The third kappa shape index (κ3) is 3.27. The van der Waals surface area contributed by atoms with Crippen LogP contribution < -0.4 is 10.1 Å². The fourth-order valence-corrected chi connectivity index (χ4v) is 2.76. The van der Waals surface area contributed by atoms with Gasteiger partial charge >= 0.3 is 0 Å². The van der Waals surface area contributed by atoms with Gasteiger partial charge in [0.25, 0.3) is 6.43 Å². The van der Waals surface area contributed by atoms with Gasteiger partial charge in [-0.3, -0.25) is 4.79 Å². The van der Waals surface area contributed by atoms with Crippen molar-refractivity contribution in [1.82, 2.24) is 10.3 Å². The number of carbonyl (C=O) groups excluding carboxylic acids is 1. The van der Waals surface area contributed by atoms with Crippen LogP contribution in [-0.4, -0.2) is 17.5 Å². The van der Waals surface area contributed by atoms with E-state index in [1.165, 1.54) is 12.1 Å². The van der Waals surface area contributed by atoms with Crippen molar-refractivity contribution in [2.45, 2.75) is 18.9 Å². The molecule has 1 aliphatic rings. The molecule has 120 valence electrons. The molecular formula is C16H13ClF2N2O2. The van der Waals surface area contributed by atoms with E-state index in [4.69, 9.17) is 16.3 Å². The zero-order valence-electron chi connectivity index (χ0n) is 11.9. The van der Waals surface area contributed by atoms with Gasteiger partial charge in [-0.15, -0.1) is 0 Å². The standard InChI is InChI=1S/C16H13ClF2N2O2/c17-14-9(3-1-4-11(14)15(18)19)7-13(22)21-12-8-23-16-10(12)5-2-6-20-16/h1-6,12,15H,7-8H2,(H,21,22). The molecule has 1 aromatic carbocycles. The summed E-state index contributed by atoms with van der Waals surface area (Å²) in [6, 6.07) is 7.56. The molecule has 23 heavy (non-hydrogen) atoms. The molecule has 0 bridgehead atoms. The van der Waals surface area contributed by atoms with Crippen LogP contribution in [-0.2, 0) is 11.2 Å². The van der Waals surface area contributed by atoms with Crippen molar-refractivity contribution in [3.8, 4) is 5.88 Å². The minimum atomic E-state index is -2.67. The van der Waals surface area contributed by atoms with E-state index in [1.807, 2.05) is 6.07 Å². The molecule has 0 aliphatic carbocycles. The van der Waals surface area contributed by atoms with Crippen molar-refractivity contribution in [2.75, 3.05) is 6.61 Å². The Bertz CT molecular complexity index is 740. The van der Waals surface area contributed by atoms with Crippen LogP contribution in [0, 0.1) is 0 Å². The second-order valence-electron chi connectivity index (χ2n) is 5.13. The number of hydrogen-bond acceptors (Lipinski definition) is 3. The highest BCUT2D eigenvalue weighted by atomic mass is 35.5. The number of alkyl halides is 2. The fourth-order valence-electron chi connectivity index (χ4n) is 2.48. The Labute approximate surface area is 136 Å². The van der Waals surface area contributed by atoms with Gasteiger partial charge in [0.05, 0.1) is 17.5 Å². The van der Waals surface area contributed by atoms with Crippen molar-refractivity contribution in [2.24, 2.45) is 0 Å². The van der Waals surface area contributed by atoms with Gasteiger partial charge in [0.15, 0.2) is 0 Å². The molecule has 3 rings (SSSR count). The molecule has 7 heteroatoms. The Kier molecular flexibility index (Phi) is 4.43. The summed E-state index contributed by atoms with van der Waals surface area (Å²) in [7, 11) is 0. The molecule has 0 spiro atoms. The topological polar surface area (TPSA) is 51.2 Å². The van der Waals surface area contributed by atoms with Crippen LogP contribution in [0.4, 0.5) is 8.78 Å². The highest BCUT2D eigenvalue weighted by Gasteiger charge is 2.26. The number of fused-ring (bicyclic) bond motifs is 1.